The van der Waals surface area contributed by atoms with Crippen LogP contribution in [0, 0.1) is 23.7 Å². The molecule has 2 aromatic rings. The quantitative estimate of drug-likeness (QED) is 0.391. The van der Waals surface area contributed by atoms with Crippen molar-refractivity contribution >= 4 is 17.5 Å². The van der Waals surface area contributed by atoms with Crippen LogP contribution in [0.2, 0.25) is 0 Å². The zero-order valence-electron chi connectivity index (χ0n) is 21.2. The highest BCUT2D eigenvalue weighted by molar-refractivity contribution is 5.82. The van der Waals surface area contributed by atoms with E-state index in [0.29, 0.717) is 23.3 Å². The van der Waals surface area contributed by atoms with Crippen LogP contribution >= 0.6 is 0 Å². The van der Waals surface area contributed by atoms with Crippen molar-refractivity contribution in [1.29, 1.82) is 0 Å². The van der Waals surface area contributed by atoms with E-state index in [2.05, 4.69) is 20.7 Å². The summed E-state index contributed by atoms with van der Waals surface area (Å²) in [5.41, 5.74) is 1.44. The number of carbonyl (C=O) groups is 2. The molecule has 3 saturated carbocycles. The third kappa shape index (κ3) is 6.84. The number of aromatic nitrogens is 3. The Hall–Kier alpha value is -2.86. The molecule has 0 aliphatic heterocycles. The van der Waals surface area contributed by atoms with Crippen LogP contribution in [0.4, 0.5) is 26.3 Å². The van der Waals surface area contributed by atoms with Gasteiger partial charge in [0, 0.05) is 25.2 Å². The van der Waals surface area contributed by atoms with Gasteiger partial charge in [-0.05, 0) is 61.5 Å². The number of carbonyl (C=O) groups excluding carboxylic acids is 2. The molecule has 214 valence electrons. The van der Waals surface area contributed by atoms with E-state index in [1.165, 1.54) is 10.7 Å². The predicted molar refractivity (Wildman–Crippen MR) is 127 cm³/mol. The summed E-state index contributed by atoms with van der Waals surface area (Å²) in [6.45, 7) is -0.589. The second-order valence-corrected chi connectivity index (χ2v) is 11.2. The summed E-state index contributed by atoms with van der Waals surface area (Å²) in [7, 11) is 0. The number of amides is 2. The van der Waals surface area contributed by atoms with Crippen molar-refractivity contribution in [3.8, 4) is 0 Å². The molecule has 0 bridgehead atoms. The highest BCUT2D eigenvalue weighted by atomic mass is 19.4. The van der Waals surface area contributed by atoms with E-state index in [1.54, 1.807) is 12.3 Å². The lowest BCUT2D eigenvalue weighted by Crippen LogP contribution is -2.38. The molecule has 0 spiro atoms. The first-order valence-corrected chi connectivity index (χ1v) is 13.4. The van der Waals surface area contributed by atoms with Crippen molar-refractivity contribution in [3.63, 3.8) is 0 Å². The van der Waals surface area contributed by atoms with Crippen LogP contribution < -0.4 is 10.6 Å². The van der Waals surface area contributed by atoms with Crippen molar-refractivity contribution in [1.82, 2.24) is 25.2 Å². The fourth-order valence-electron chi connectivity index (χ4n) is 5.46. The topological polar surface area (TPSA) is 88.4 Å². The van der Waals surface area contributed by atoms with Crippen molar-refractivity contribution in [2.24, 2.45) is 23.7 Å². The van der Waals surface area contributed by atoms with Gasteiger partial charge >= 0.3 is 6.18 Å². The fourth-order valence-corrected chi connectivity index (χ4v) is 5.46. The molecule has 0 radical (unpaired) electrons. The average Bonchev–Trinajstić information content (AvgIpc) is 3.80. The lowest BCUT2D eigenvalue weighted by molar-refractivity contribution is -0.144. The molecule has 39 heavy (non-hydrogen) atoms. The number of alkyl halides is 6. The molecule has 5 rings (SSSR count). The number of nitrogens with one attached hydrogen (secondary N) is 2. The Morgan fingerprint density at radius 1 is 1.08 bits per heavy atom. The molecule has 3 fully saturated rings. The summed E-state index contributed by atoms with van der Waals surface area (Å²) in [6.07, 6.45) is -1.29. The number of hydrogen-bond donors (Lipinski definition) is 2. The maximum Gasteiger partial charge on any atom is 0.389 e. The maximum atomic E-state index is 13.9. The Balaban J connectivity index is 1.36. The van der Waals surface area contributed by atoms with Gasteiger partial charge in [-0.2, -0.15) is 18.3 Å². The molecule has 3 aliphatic carbocycles. The molecule has 2 amide bonds. The number of imidazole rings is 1. The summed E-state index contributed by atoms with van der Waals surface area (Å²) >= 11 is 0. The molecule has 2 heterocycles. The number of nitrogens with zero attached hydrogens (tertiary/aromatic N) is 3. The van der Waals surface area contributed by atoms with Gasteiger partial charge in [-0.1, -0.05) is 0 Å². The lowest BCUT2D eigenvalue weighted by Gasteiger charge is -2.33. The number of hydrogen-bond acceptors (Lipinski definition) is 4. The number of halogens is 6. The summed E-state index contributed by atoms with van der Waals surface area (Å²) < 4.78 is 79.8. The van der Waals surface area contributed by atoms with E-state index in [-0.39, 0.29) is 49.3 Å². The van der Waals surface area contributed by atoms with E-state index < -0.39 is 55.5 Å². The van der Waals surface area contributed by atoms with Gasteiger partial charge < -0.3 is 10.6 Å². The fraction of sp³-hybridized carbons (Fsp3) is 0.692. The Labute approximate surface area is 221 Å². The van der Waals surface area contributed by atoms with Gasteiger partial charge in [0.25, 0.3) is 0 Å². The first kappa shape index (κ1) is 27.7. The van der Waals surface area contributed by atoms with Crippen LogP contribution in [-0.2, 0) is 9.59 Å². The predicted octanol–water partition coefficient (Wildman–Crippen LogP) is 5.23. The van der Waals surface area contributed by atoms with Crippen molar-refractivity contribution in [3.05, 3.63) is 29.7 Å². The molecule has 7 nitrogen and oxygen atoms in total. The van der Waals surface area contributed by atoms with Crippen LogP contribution in [0.1, 0.15) is 81.1 Å². The molecule has 0 aromatic carbocycles. The largest absolute Gasteiger partial charge is 0.389 e. The zero-order chi connectivity index (χ0) is 27.9. The van der Waals surface area contributed by atoms with Gasteiger partial charge in [0.1, 0.15) is 0 Å². The minimum absolute atomic E-state index is 0.0801. The SMILES string of the molecule is O=C(CCC(F)(F)F)N[C@@H](c1cnn2cc([C@@H](NC(=O)[C@@H]3C[C@H]3CF)C3CCC(F)(F)CC3)nc2c1)C1CC1. The van der Waals surface area contributed by atoms with Crippen LogP contribution in [0.3, 0.4) is 0 Å². The van der Waals surface area contributed by atoms with Crippen LogP contribution in [0.15, 0.2) is 18.5 Å². The van der Waals surface area contributed by atoms with Gasteiger partial charge in [0.05, 0.1) is 43.3 Å². The van der Waals surface area contributed by atoms with E-state index in [4.69, 9.17) is 0 Å². The van der Waals surface area contributed by atoms with Gasteiger partial charge in [-0.25, -0.2) is 18.3 Å². The minimum Gasteiger partial charge on any atom is -0.349 e. The highest BCUT2D eigenvalue weighted by Gasteiger charge is 2.45. The Kier molecular flexibility index (Phi) is 7.53. The van der Waals surface area contributed by atoms with Gasteiger partial charge in [-0.3, -0.25) is 14.0 Å². The van der Waals surface area contributed by atoms with Crippen LogP contribution in [-0.4, -0.2) is 45.2 Å². The van der Waals surface area contributed by atoms with Gasteiger partial charge in [0.15, 0.2) is 5.65 Å². The molecular formula is C26H31F6N5O2. The summed E-state index contributed by atoms with van der Waals surface area (Å²) in [5.74, 6) is -4.73. The Morgan fingerprint density at radius 2 is 1.77 bits per heavy atom. The second kappa shape index (κ2) is 10.6. The van der Waals surface area contributed by atoms with Gasteiger partial charge in [0.2, 0.25) is 17.7 Å². The maximum absolute atomic E-state index is 13.9. The third-order valence-corrected chi connectivity index (χ3v) is 8.07. The van der Waals surface area contributed by atoms with Crippen LogP contribution in [0.25, 0.3) is 5.65 Å². The molecule has 2 N–H and O–H groups in total. The van der Waals surface area contributed by atoms with E-state index >= 15 is 0 Å². The summed E-state index contributed by atoms with van der Waals surface area (Å²) in [6, 6.07) is 0.533. The molecular weight excluding hydrogens is 528 g/mol. The molecule has 0 unspecified atom stereocenters. The number of rotatable bonds is 10. The van der Waals surface area contributed by atoms with Crippen molar-refractivity contribution < 1.29 is 35.9 Å². The van der Waals surface area contributed by atoms with Gasteiger partial charge in [-0.15, -0.1) is 0 Å². The molecule has 0 saturated heterocycles. The average molecular weight is 560 g/mol. The minimum atomic E-state index is -4.42. The molecule has 2 aromatic heterocycles. The molecule has 4 atom stereocenters. The normalized spacial score (nSPS) is 24.8. The lowest BCUT2D eigenvalue weighted by atomic mass is 9.81. The first-order chi connectivity index (χ1) is 18.4. The number of fused-ring (bicyclic) bond motifs is 1. The van der Waals surface area contributed by atoms with E-state index in [9.17, 15) is 35.9 Å². The Morgan fingerprint density at radius 3 is 2.38 bits per heavy atom. The van der Waals surface area contributed by atoms with E-state index in [0.717, 1.165) is 12.8 Å². The first-order valence-electron chi connectivity index (χ1n) is 13.4. The standard InChI is InChI=1S/C26H31F6N5O2/c27-11-16-9-18(16)24(39)36-23(15-3-6-25(28,29)7-4-15)19-13-37-20(34-19)10-17(12-33-37)22(14-1-2-14)35-21(38)5-8-26(30,31)32/h10,12-16,18,22-23H,1-9,11H2,(H,35,38)(H,36,39)/t16-,18+,22+,23-/m0/s1. The molecule has 3 aliphatic rings. The smallest absolute Gasteiger partial charge is 0.349 e. The summed E-state index contributed by atoms with van der Waals surface area (Å²) in [5, 5.41) is 10.0. The third-order valence-electron chi connectivity index (χ3n) is 8.07. The van der Waals surface area contributed by atoms with E-state index in [1.807, 2.05) is 0 Å². The van der Waals surface area contributed by atoms with Crippen molar-refractivity contribution in [2.75, 3.05) is 6.67 Å². The monoisotopic (exact) mass is 559 g/mol. The van der Waals surface area contributed by atoms with Crippen LogP contribution in [0.5, 0.6) is 0 Å². The molecule has 13 heteroatoms. The zero-order valence-corrected chi connectivity index (χ0v) is 21.2. The second-order valence-electron chi connectivity index (χ2n) is 11.2. The van der Waals surface area contributed by atoms with Crippen molar-refractivity contribution in [2.45, 2.75) is 82.0 Å². The highest BCUT2D eigenvalue weighted by Crippen LogP contribution is 2.44. The summed E-state index contributed by atoms with van der Waals surface area (Å²) in [4.78, 5) is 29.7. The Bertz CT molecular complexity index is 1200.